The fourth-order valence-corrected chi connectivity index (χ4v) is 6.55. The molecule has 0 bridgehead atoms. The summed E-state index contributed by atoms with van der Waals surface area (Å²) in [6.07, 6.45) is 17.9. The van der Waals surface area contributed by atoms with Crippen LogP contribution in [0.5, 0.6) is 0 Å². The van der Waals surface area contributed by atoms with Gasteiger partial charge in [0.2, 0.25) is 0 Å². The summed E-state index contributed by atoms with van der Waals surface area (Å²) in [6.45, 7) is 0. The Morgan fingerprint density at radius 2 is 1.04 bits per heavy atom. The Balaban J connectivity index is 1.23. The minimum atomic E-state index is 0.225. The summed E-state index contributed by atoms with van der Waals surface area (Å²) in [5, 5.41) is 0. The third-order valence-electron chi connectivity index (χ3n) is 7.32. The fraction of sp³-hybridized carbons (Fsp3) is 0.762. The predicted molar refractivity (Wildman–Crippen MR) is 116 cm³/mol. The van der Waals surface area contributed by atoms with Gasteiger partial charge in [0.15, 0.2) is 5.78 Å². The molecule has 4 aliphatic carbocycles. The Hall–Kier alpha value is 0.610. The second-order valence-corrected chi connectivity index (χ2v) is 11.2. The molecule has 0 saturated heterocycles. The standard InChI is InChI=1S/C21H28I2O/c22-20(17-7-15(8-17)13-3-1-4-13)11-19(24)12-21(23)18-9-16(10-18)14-5-2-6-14/h11-18H,1-10H2. The van der Waals surface area contributed by atoms with Crippen molar-refractivity contribution in [2.45, 2.75) is 64.2 Å². The van der Waals surface area contributed by atoms with Gasteiger partial charge < -0.3 is 0 Å². The summed E-state index contributed by atoms with van der Waals surface area (Å²) >= 11 is 4.84. The zero-order valence-electron chi connectivity index (χ0n) is 14.4. The Morgan fingerprint density at radius 1 is 0.667 bits per heavy atom. The van der Waals surface area contributed by atoms with Gasteiger partial charge in [-0.15, -0.1) is 0 Å². The molecule has 0 N–H and O–H groups in total. The minimum Gasteiger partial charge on any atom is -0.290 e. The Morgan fingerprint density at radius 3 is 1.33 bits per heavy atom. The van der Waals surface area contributed by atoms with Gasteiger partial charge in [0.25, 0.3) is 0 Å². The number of allylic oxidation sites excluding steroid dienone is 4. The van der Waals surface area contributed by atoms with E-state index in [1.165, 1.54) is 71.4 Å². The normalized spacial score (nSPS) is 37.9. The van der Waals surface area contributed by atoms with Gasteiger partial charge in [-0.1, -0.05) is 38.5 Å². The van der Waals surface area contributed by atoms with Crippen LogP contribution < -0.4 is 0 Å². The van der Waals surface area contributed by atoms with Crippen LogP contribution in [0.2, 0.25) is 0 Å². The van der Waals surface area contributed by atoms with Crippen molar-refractivity contribution in [2.75, 3.05) is 0 Å². The second kappa shape index (κ2) is 7.69. The quantitative estimate of drug-likeness (QED) is 0.262. The van der Waals surface area contributed by atoms with Crippen LogP contribution in [0, 0.1) is 35.5 Å². The van der Waals surface area contributed by atoms with Crippen LogP contribution in [0.4, 0.5) is 0 Å². The molecule has 0 spiro atoms. The van der Waals surface area contributed by atoms with Gasteiger partial charge >= 0.3 is 0 Å². The fourth-order valence-electron chi connectivity index (χ4n) is 4.92. The highest BCUT2D eigenvalue weighted by molar-refractivity contribution is 14.1. The molecule has 0 atom stereocenters. The molecule has 1 nitrogen and oxygen atoms in total. The lowest BCUT2D eigenvalue weighted by atomic mass is 9.62. The molecule has 0 radical (unpaired) electrons. The molecule has 3 heteroatoms. The van der Waals surface area contributed by atoms with E-state index in [0.717, 1.165) is 23.7 Å². The van der Waals surface area contributed by atoms with Gasteiger partial charge in [-0.25, -0.2) is 0 Å². The Kier molecular flexibility index (Phi) is 5.77. The molecule has 0 unspecified atom stereocenters. The zero-order valence-corrected chi connectivity index (χ0v) is 18.7. The first kappa shape index (κ1) is 18.0. The number of carbonyl (C=O) groups is 1. The Bertz CT molecular complexity index is 496. The summed E-state index contributed by atoms with van der Waals surface area (Å²) in [5.74, 6) is 5.55. The van der Waals surface area contributed by atoms with Crippen LogP contribution in [0.25, 0.3) is 0 Å². The lowest BCUT2D eigenvalue weighted by Crippen LogP contribution is -2.34. The van der Waals surface area contributed by atoms with Crippen molar-refractivity contribution in [2.24, 2.45) is 35.5 Å². The van der Waals surface area contributed by atoms with Gasteiger partial charge in [0.05, 0.1) is 0 Å². The van der Waals surface area contributed by atoms with E-state index in [0.29, 0.717) is 11.8 Å². The van der Waals surface area contributed by atoms with Gasteiger partial charge in [-0.05, 0) is 126 Å². The third-order valence-corrected chi connectivity index (χ3v) is 9.71. The molecular weight excluding hydrogens is 522 g/mol. The van der Waals surface area contributed by atoms with Crippen molar-refractivity contribution in [3.8, 4) is 0 Å². The van der Waals surface area contributed by atoms with E-state index < -0.39 is 0 Å². The van der Waals surface area contributed by atoms with E-state index in [2.05, 4.69) is 45.2 Å². The minimum absolute atomic E-state index is 0.225. The summed E-state index contributed by atoms with van der Waals surface area (Å²) < 4.78 is 2.60. The van der Waals surface area contributed by atoms with Crippen molar-refractivity contribution >= 4 is 51.0 Å². The maximum Gasteiger partial charge on any atom is 0.180 e. The summed E-state index contributed by atoms with van der Waals surface area (Å²) in [4.78, 5) is 12.4. The number of halogens is 2. The zero-order chi connectivity index (χ0) is 16.7. The molecule has 0 aromatic carbocycles. The summed E-state index contributed by atoms with van der Waals surface area (Å²) in [5.41, 5.74) is 0. The predicted octanol–water partition coefficient (Wildman–Crippen LogP) is 6.85. The van der Waals surface area contributed by atoms with Gasteiger partial charge in [-0.2, -0.15) is 0 Å². The van der Waals surface area contributed by atoms with E-state index >= 15 is 0 Å². The van der Waals surface area contributed by atoms with Crippen molar-refractivity contribution in [1.82, 2.24) is 0 Å². The van der Waals surface area contributed by atoms with E-state index in [9.17, 15) is 4.79 Å². The molecule has 132 valence electrons. The monoisotopic (exact) mass is 550 g/mol. The smallest absolute Gasteiger partial charge is 0.180 e. The lowest BCUT2D eigenvalue weighted by Gasteiger charge is -2.44. The number of rotatable bonds is 6. The van der Waals surface area contributed by atoms with Crippen molar-refractivity contribution in [3.63, 3.8) is 0 Å². The van der Waals surface area contributed by atoms with Crippen LogP contribution in [-0.2, 0) is 4.79 Å². The van der Waals surface area contributed by atoms with Crippen LogP contribution in [-0.4, -0.2) is 5.78 Å². The number of ketones is 1. The molecule has 0 aliphatic heterocycles. The molecule has 0 heterocycles. The van der Waals surface area contributed by atoms with E-state index in [4.69, 9.17) is 0 Å². The van der Waals surface area contributed by atoms with Gasteiger partial charge in [-0.3, -0.25) is 4.79 Å². The molecule has 0 aromatic heterocycles. The third kappa shape index (κ3) is 3.81. The highest BCUT2D eigenvalue weighted by atomic mass is 127. The molecule has 0 aromatic rings. The van der Waals surface area contributed by atoms with Crippen LogP contribution in [0.1, 0.15) is 64.2 Å². The van der Waals surface area contributed by atoms with E-state index in [1.54, 1.807) is 0 Å². The maximum atomic E-state index is 12.4. The average Bonchev–Trinajstić information content (AvgIpc) is 2.31. The molecule has 0 amide bonds. The topological polar surface area (TPSA) is 17.1 Å². The molecule has 4 rings (SSSR count). The first-order chi connectivity index (χ1) is 11.6. The van der Waals surface area contributed by atoms with Crippen LogP contribution >= 0.6 is 45.2 Å². The molecular formula is C21H28I2O. The van der Waals surface area contributed by atoms with Gasteiger partial charge in [0.1, 0.15) is 0 Å². The summed E-state index contributed by atoms with van der Waals surface area (Å²) in [7, 11) is 0. The first-order valence-corrected chi connectivity index (χ1v) is 12.0. The van der Waals surface area contributed by atoms with Crippen LogP contribution in [0.15, 0.2) is 19.3 Å². The lowest BCUT2D eigenvalue weighted by molar-refractivity contribution is -0.110. The van der Waals surface area contributed by atoms with Crippen molar-refractivity contribution in [1.29, 1.82) is 0 Å². The number of carbonyl (C=O) groups excluding carboxylic acids is 1. The molecule has 4 aliphatic rings. The maximum absolute atomic E-state index is 12.4. The molecule has 4 fully saturated rings. The van der Waals surface area contributed by atoms with Crippen molar-refractivity contribution in [3.05, 3.63) is 19.3 Å². The average molecular weight is 550 g/mol. The molecule has 24 heavy (non-hydrogen) atoms. The Labute approximate surface area is 173 Å². The van der Waals surface area contributed by atoms with Crippen molar-refractivity contribution < 1.29 is 4.79 Å². The number of hydrogen-bond acceptors (Lipinski definition) is 1. The van der Waals surface area contributed by atoms with E-state index in [-0.39, 0.29) is 5.78 Å². The molecule has 4 saturated carbocycles. The highest BCUT2D eigenvalue weighted by Crippen LogP contribution is 2.51. The van der Waals surface area contributed by atoms with Crippen LogP contribution in [0.3, 0.4) is 0 Å². The first-order valence-electron chi connectivity index (χ1n) is 9.88. The largest absolute Gasteiger partial charge is 0.290 e. The number of hydrogen-bond donors (Lipinski definition) is 0. The summed E-state index contributed by atoms with van der Waals surface area (Å²) in [6, 6.07) is 0. The SMILES string of the molecule is O=C(C=C(I)C1CC(C2CCC2)C1)C=C(I)C1CC(C2CCC2)C1. The highest BCUT2D eigenvalue weighted by Gasteiger charge is 2.39. The second-order valence-electron chi connectivity index (χ2n) is 8.70. The van der Waals surface area contributed by atoms with Gasteiger partial charge in [0, 0.05) is 0 Å². The van der Waals surface area contributed by atoms with E-state index in [1.807, 2.05) is 12.2 Å².